The molecule has 104 valence electrons. The number of carbonyl (C=O) groups excluding carboxylic acids is 1. The molecule has 1 fully saturated rings. The van der Waals surface area contributed by atoms with E-state index in [9.17, 15) is 9.59 Å². The maximum atomic E-state index is 11.8. The summed E-state index contributed by atoms with van der Waals surface area (Å²) in [6.45, 7) is 3.28. The molecule has 2 heterocycles. The molecule has 1 saturated heterocycles. The number of rotatable bonds is 4. The lowest BCUT2D eigenvalue weighted by molar-refractivity contribution is -0.141. The molecule has 1 aliphatic rings. The van der Waals surface area contributed by atoms with Crippen molar-refractivity contribution >= 4 is 23.3 Å². The first kappa shape index (κ1) is 13.8. The molecule has 0 saturated carbocycles. The van der Waals surface area contributed by atoms with E-state index >= 15 is 0 Å². The Morgan fingerprint density at radius 1 is 1.63 bits per heavy atom. The van der Waals surface area contributed by atoms with Crippen LogP contribution in [0.15, 0.2) is 5.38 Å². The van der Waals surface area contributed by atoms with E-state index in [1.807, 2.05) is 12.3 Å². The van der Waals surface area contributed by atoms with Crippen LogP contribution in [-0.2, 0) is 11.2 Å². The van der Waals surface area contributed by atoms with Gasteiger partial charge in [0.2, 0.25) is 0 Å². The van der Waals surface area contributed by atoms with Crippen LogP contribution in [-0.4, -0.2) is 46.6 Å². The van der Waals surface area contributed by atoms with Crippen molar-refractivity contribution in [3.8, 4) is 0 Å². The molecular weight excluding hydrogens is 266 g/mol. The van der Waals surface area contributed by atoms with Crippen LogP contribution in [0.5, 0.6) is 0 Å². The lowest BCUT2D eigenvalue weighted by Crippen LogP contribution is -2.39. The van der Waals surface area contributed by atoms with E-state index in [0.717, 1.165) is 10.7 Å². The molecule has 1 atom stereocenters. The number of aromatic nitrogens is 1. The number of urea groups is 1. The third-order valence-corrected chi connectivity index (χ3v) is 4.13. The standard InChI is InChI=1S/C12H17N3O3S/c1-8-7-19-10(14-8)2-4-13-12(18)15-5-3-9(6-15)11(16)17/h7,9H,2-6H2,1H3,(H,13,18)(H,16,17). The zero-order chi connectivity index (χ0) is 13.8. The molecule has 0 aliphatic carbocycles. The molecule has 1 unspecified atom stereocenters. The highest BCUT2D eigenvalue weighted by molar-refractivity contribution is 7.09. The maximum absolute atomic E-state index is 11.8. The van der Waals surface area contributed by atoms with Gasteiger partial charge in [0.15, 0.2) is 0 Å². The first-order valence-corrected chi connectivity index (χ1v) is 7.11. The van der Waals surface area contributed by atoms with Crippen LogP contribution >= 0.6 is 11.3 Å². The van der Waals surface area contributed by atoms with Crippen LogP contribution in [0.1, 0.15) is 17.1 Å². The highest BCUT2D eigenvalue weighted by Crippen LogP contribution is 2.16. The number of hydrogen-bond donors (Lipinski definition) is 2. The number of nitrogens with zero attached hydrogens (tertiary/aromatic N) is 2. The van der Waals surface area contributed by atoms with E-state index < -0.39 is 11.9 Å². The van der Waals surface area contributed by atoms with Gasteiger partial charge < -0.3 is 15.3 Å². The van der Waals surface area contributed by atoms with Crippen molar-refractivity contribution in [3.05, 3.63) is 16.1 Å². The van der Waals surface area contributed by atoms with E-state index in [-0.39, 0.29) is 6.03 Å². The topological polar surface area (TPSA) is 82.5 Å². The molecule has 2 amide bonds. The summed E-state index contributed by atoms with van der Waals surface area (Å²) in [6, 6.07) is -0.183. The van der Waals surface area contributed by atoms with E-state index in [0.29, 0.717) is 32.5 Å². The summed E-state index contributed by atoms with van der Waals surface area (Å²) in [5, 5.41) is 14.7. The van der Waals surface area contributed by atoms with Gasteiger partial charge >= 0.3 is 12.0 Å². The quantitative estimate of drug-likeness (QED) is 0.867. The normalized spacial score (nSPS) is 18.6. The fourth-order valence-electron chi connectivity index (χ4n) is 2.05. The second-order valence-corrected chi connectivity index (χ2v) is 5.58. The van der Waals surface area contributed by atoms with Crippen LogP contribution in [0.2, 0.25) is 0 Å². The molecule has 0 bridgehead atoms. The van der Waals surface area contributed by atoms with Gasteiger partial charge in [0.25, 0.3) is 0 Å². The van der Waals surface area contributed by atoms with E-state index in [1.165, 1.54) is 0 Å². The number of carboxylic acids is 1. The van der Waals surface area contributed by atoms with Crippen molar-refractivity contribution in [1.29, 1.82) is 0 Å². The van der Waals surface area contributed by atoms with E-state index in [4.69, 9.17) is 5.11 Å². The number of likely N-dealkylation sites (tertiary alicyclic amines) is 1. The Kier molecular flexibility index (Phi) is 4.36. The van der Waals surface area contributed by atoms with Gasteiger partial charge in [0, 0.05) is 37.1 Å². The van der Waals surface area contributed by atoms with Gasteiger partial charge in [0.05, 0.1) is 10.9 Å². The molecule has 2 N–H and O–H groups in total. The van der Waals surface area contributed by atoms with Crippen molar-refractivity contribution in [3.63, 3.8) is 0 Å². The van der Waals surface area contributed by atoms with Gasteiger partial charge in [-0.05, 0) is 13.3 Å². The molecule has 0 aromatic carbocycles. The summed E-state index contributed by atoms with van der Waals surface area (Å²) >= 11 is 1.58. The minimum atomic E-state index is -0.825. The van der Waals surface area contributed by atoms with E-state index in [2.05, 4.69) is 10.3 Å². The van der Waals surface area contributed by atoms with Crippen molar-refractivity contribution < 1.29 is 14.7 Å². The van der Waals surface area contributed by atoms with Crippen LogP contribution in [0.25, 0.3) is 0 Å². The molecule has 1 aliphatic heterocycles. The fraction of sp³-hybridized carbons (Fsp3) is 0.583. The number of nitrogens with one attached hydrogen (secondary N) is 1. The summed E-state index contributed by atoms with van der Waals surface area (Å²) in [7, 11) is 0. The minimum Gasteiger partial charge on any atom is -0.481 e. The van der Waals surface area contributed by atoms with Gasteiger partial charge in [0.1, 0.15) is 0 Å². The van der Waals surface area contributed by atoms with Crippen molar-refractivity contribution in [2.45, 2.75) is 19.8 Å². The van der Waals surface area contributed by atoms with Gasteiger partial charge in [-0.3, -0.25) is 4.79 Å². The van der Waals surface area contributed by atoms with Crippen LogP contribution < -0.4 is 5.32 Å². The molecule has 7 heteroatoms. The van der Waals surface area contributed by atoms with Crippen molar-refractivity contribution in [2.75, 3.05) is 19.6 Å². The second-order valence-electron chi connectivity index (χ2n) is 4.63. The third-order valence-electron chi connectivity index (χ3n) is 3.11. The summed E-state index contributed by atoms with van der Waals surface area (Å²) < 4.78 is 0. The smallest absolute Gasteiger partial charge is 0.317 e. The average Bonchev–Trinajstić information content (AvgIpc) is 2.98. The number of hydrogen-bond acceptors (Lipinski definition) is 4. The Balaban J connectivity index is 1.72. The summed E-state index contributed by atoms with van der Waals surface area (Å²) in [5.74, 6) is -1.25. The highest BCUT2D eigenvalue weighted by atomic mass is 32.1. The summed E-state index contributed by atoms with van der Waals surface area (Å²) in [6.07, 6.45) is 1.24. The van der Waals surface area contributed by atoms with Gasteiger partial charge in [-0.1, -0.05) is 0 Å². The molecule has 6 nitrogen and oxygen atoms in total. The molecule has 2 rings (SSSR count). The van der Waals surface area contributed by atoms with Crippen LogP contribution in [0.4, 0.5) is 4.79 Å². The summed E-state index contributed by atoms with van der Waals surface area (Å²) in [5.41, 5.74) is 0.996. The lowest BCUT2D eigenvalue weighted by atomic mass is 10.1. The number of aliphatic carboxylic acids is 1. The maximum Gasteiger partial charge on any atom is 0.317 e. The monoisotopic (exact) mass is 283 g/mol. The lowest BCUT2D eigenvalue weighted by Gasteiger charge is -2.16. The first-order chi connectivity index (χ1) is 9.06. The van der Waals surface area contributed by atoms with Gasteiger partial charge in [-0.25, -0.2) is 9.78 Å². The fourth-order valence-corrected chi connectivity index (χ4v) is 2.83. The SMILES string of the molecule is Cc1csc(CCNC(=O)N2CCC(C(=O)O)C2)n1. The Bertz CT molecular complexity index is 475. The number of carbonyl (C=O) groups is 2. The Morgan fingerprint density at radius 2 is 2.42 bits per heavy atom. The largest absolute Gasteiger partial charge is 0.481 e. The Labute approximate surface area is 115 Å². The molecular formula is C12H17N3O3S. The van der Waals surface area contributed by atoms with Gasteiger partial charge in [-0.15, -0.1) is 11.3 Å². The minimum absolute atomic E-state index is 0.183. The second kappa shape index (κ2) is 6.01. The number of amides is 2. The zero-order valence-electron chi connectivity index (χ0n) is 10.8. The summed E-state index contributed by atoms with van der Waals surface area (Å²) in [4.78, 5) is 28.5. The molecule has 0 radical (unpaired) electrons. The number of carboxylic acid groups (broad SMARTS) is 1. The number of thiazole rings is 1. The van der Waals surface area contributed by atoms with Crippen molar-refractivity contribution in [1.82, 2.24) is 15.2 Å². The van der Waals surface area contributed by atoms with E-state index in [1.54, 1.807) is 16.2 Å². The molecule has 19 heavy (non-hydrogen) atoms. The van der Waals surface area contributed by atoms with Gasteiger partial charge in [-0.2, -0.15) is 0 Å². The molecule has 1 aromatic heterocycles. The predicted octanol–water partition coefficient (Wildman–Crippen LogP) is 1.11. The first-order valence-electron chi connectivity index (χ1n) is 6.23. The average molecular weight is 283 g/mol. The molecule has 1 aromatic rings. The predicted molar refractivity (Wildman–Crippen MR) is 71.3 cm³/mol. The Morgan fingerprint density at radius 3 is 3.00 bits per heavy atom. The van der Waals surface area contributed by atoms with Crippen molar-refractivity contribution in [2.24, 2.45) is 5.92 Å². The zero-order valence-corrected chi connectivity index (χ0v) is 11.6. The van der Waals surface area contributed by atoms with Crippen LogP contribution in [0, 0.1) is 12.8 Å². The van der Waals surface area contributed by atoms with Crippen LogP contribution in [0.3, 0.4) is 0 Å². The third kappa shape index (κ3) is 3.66. The molecule has 0 spiro atoms. The Hall–Kier alpha value is -1.63. The highest BCUT2D eigenvalue weighted by Gasteiger charge is 2.30. The number of aryl methyl sites for hydroxylation is 1.